The molecule has 2 amide bonds. The molecular formula is C27H23F3N4O2. The standard InChI is InChI=1S/C27H23F3N4O2/c1-18-24(17-31-34(18)21-9-5-8-20(16-21)27(28,29)30)26(36)33-14-12-32(13-15-33)25(35)23-11-4-7-19-6-2-3-10-22(19)23/h2-11,16-17H,12-15H2,1H3. The second-order valence-electron chi connectivity index (χ2n) is 8.71. The first-order chi connectivity index (χ1) is 17.2. The number of piperazine rings is 1. The zero-order valence-corrected chi connectivity index (χ0v) is 19.5. The predicted molar refractivity (Wildman–Crippen MR) is 129 cm³/mol. The maximum Gasteiger partial charge on any atom is 0.416 e. The first kappa shape index (κ1) is 23.6. The van der Waals surface area contributed by atoms with Crippen LogP contribution >= 0.6 is 0 Å². The molecule has 1 aromatic heterocycles. The first-order valence-corrected chi connectivity index (χ1v) is 11.5. The molecule has 5 rings (SSSR count). The van der Waals surface area contributed by atoms with Gasteiger partial charge in [-0.3, -0.25) is 9.59 Å². The van der Waals surface area contributed by atoms with Crippen LogP contribution in [0.25, 0.3) is 16.5 Å². The summed E-state index contributed by atoms with van der Waals surface area (Å²) in [4.78, 5) is 29.8. The van der Waals surface area contributed by atoms with E-state index in [1.54, 1.807) is 16.7 Å². The van der Waals surface area contributed by atoms with Crippen LogP contribution in [0.2, 0.25) is 0 Å². The molecule has 6 nitrogen and oxygen atoms in total. The summed E-state index contributed by atoms with van der Waals surface area (Å²) in [7, 11) is 0. The molecule has 9 heteroatoms. The van der Waals surface area contributed by atoms with Gasteiger partial charge < -0.3 is 9.80 Å². The number of benzene rings is 3. The average Bonchev–Trinajstić information content (AvgIpc) is 3.28. The van der Waals surface area contributed by atoms with E-state index in [9.17, 15) is 22.8 Å². The van der Waals surface area contributed by atoms with Crippen LogP contribution < -0.4 is 0 Å². The number of aromatic nitrogens is 2. The molecule has 0 saturated carbocycles. The zero-order valence-electron chi connectivity index (χ0n) is 19.5. The number of carbonyl (C=O) groups is 2. The van der Waals surface area contributed by atoms with Gasteiger partial charge in [0.1, 0.15) is 0 Å². The van der Waals surface area contributed by atoms with E-state index in [1.165, 1.54) is 23.0 Å². The van der Waals surface area contributed by atoms with Crippen LogP contribution in [0.3, 0.4) is 0 Å². The lowest BCUT2D eigenvalue weighted by Crippen LogP contribution is -2.50. The lowest BCUT2D eigenvalue weighted by Gasteiger charge is -2.35. The van der Waals surface area contributed by atoms with Crippen molar-refractivity contribution in [2.75, 3.05) is 26.2 Å². The second-order valence-corrected chi connectivity index (χ2v) is 8.71. The minimum absolute atomic E-state index is 0.0764. The van der Waals surface area contributed by atoms with E-state index in [1.807, 2.05) is 42.5 Å². The van der Waals surface area contributed by atoms with Gasteiger partial charge in [-0.1, -0.05) is 42.5 Å². The maximum absolute atomic E-state index is 13.2. The molecule has 1 aliphatic rings. The fourth-order valence-corrected chi connectivity index (χ4v) is 4.56. The van der Waals surface area contributed by atoms with Crippen LogP contribution in [0.1, 0.15) is 32.0 Å². The number of hydrogen-bond donors (Lipinski definition) is 0. The molecule has 1 aliphatic heterocycles. The predicted octanol–water partition coefficient (Wildman–Crippen LogP) is 4.95. The summed E-state index contributed by atoms with van der Waals surface area (Å²) in [5.74, 6) is -0.338. The molecule has 3 aromatic carbocycles. The van der Waals surface area contributed by atoms with E-state index in [0.29, 0.717) is 43.0 Å². The summed E-state index contributed by atoms with van der Waals surface area (Å²) in [5, 5.41) is 6.06. The van der Waals surface area contributed by atoms with Crippen molar-refractivity contribution in [3.63, 3.8) is 0 Å². The molecule has 0 N–H and O–H groups in total. The zero-order chi connectivity index (χ0) is 25.4. The summed E-state index contributed by atoms with van der Waals surface area (Å²) in [6.45, 7) is 3.12. The van der Waals surface area contributed by atoms with E-state index in [0.717, 1.165) is 22.9 Å². The quantitative estimate of drug-likeness (QED) is 0.407. The van der Waals surface area contributed by atoms with Crippen LogP contribution in [-0.2, 0) is 6.18 Å². The van der Waals surface area contributed by atoms with Crippen molar-refractivity contribution in [3.8, 4) is 5.69 Å². The number of halogens is 3. The number of rotatable bonds is 3. The van der Waals surface area contributed by atoms with E-state index in [4.69, 9.17) is 0 Å². The highest BCUT2D eigenvalue weighted by molar-refractivity contribution is 6.07. The van der Waals surface area contributed by atoms with E-state index in [2.05, 4.69) is 5.10 Å². The van der Waals surface area contributed by atoms with Crippen LogP contribution in [0.4, 0.5) is 13.2 Å². The van der Waals surface area contributed by atoms with Crippen LogP contribution in [0, 0.1) is 6.92 Å². The van der Waals surface area contributed by atoms with Crippen molar-refractivity contribution in [2.24, 2.45) is 0 Å². The normalized spacial score (nSPS) is 14.3. The lowest BCUT2D eigenvalue weighted by molar-refractivity contribution is -0.137. The monoisotopic (exact) mass is 492 g/mol. The summed E-state index contributed by atoms with van der Waals surface area (Å²) in [5.41, 5.74) is 0.850. The lowest BCUT2D eigenvalue weighted by atomic mass is 10.0. The fraction of sp³-hybridized carbons (Fsp3) is 0.222. The summed E-state index contributed by atoms with van der Waals surface area (Å²) >= 11 is 0. The van der Waals surface area contributed by atoms with E-state index >= 15 is 0 Å². The van der Waals surface area contributed by atoms with Crippen molar-refractivity contribution < 1.29 is 22.8 Å². The Balaban J connectivity index is 1.30. The third-order valence-electron chi connectivity index (χ3n) is 6.53. The van der Waals surface area contributed by atoms with E-state index in [-0.39, 0.29) is 17.5 Å². The van der Waals surface area contributed by atoms with Gasteiger partial charge in [0.15, 0.2) is 0 Å². The van der Waals surface area contributed by atoms with Crippen LogP contribution in [0.5, 0.6) is 0 Å². The number of hydrogen-bond acceptors (Lipinski definition) is 3. The number of nitrogens with zero attached hydrogens (tertiary/aromatic N) is 4. The summed E-state index contributed by atoms with van der Waals surface area (Å²) in [6.07, 6.45) is -3.09. The second kappa shape index (κ2) is 9.14. The average molecular weight is 493 g/mol. The number of amides is 2. The third kappa shape index (κ3) is 4.32. The maximum atomic E-state index is 13.2. The first-order valence-electron chi connectivity index (χ1n) is 11.5. The Morgan fingerprint density at radius 1 is 0.806 bits per heavy atom. The van der Waals surface area contributed by atoms with Gasteiger partial charge in [-0.15, -0.1) is 0 Å². The molecule has 0 bridgehead atoms. The van der Waals surface area contributed by atoms with Gasteiger partial charge in [-0.25, -0.2) is 4.68 Å². The molecule has 0 aliphatic carbocycles. The number of carbonyl (C=O) groups excluding carboxylic acids is 2. The van der Waals surface area contributed by atoms with E-state index < -0.39 is 11.7 Å². The molecule has 4 aromatic rings. The Bertz CT molecular complexity index is 1450. The highest BCUT2D eigenvalue weighted by Gasteiger charge is 2.31. The Hall–Kier alpha value is -4.14. The number of fused-ring (bicyclic) bond motifs is 1. The van der Waals surface area contributed by atoms with Gasteiger partial charge in [0.2, 0.25) is 0 Å². The van der Waals surface area contributed by atoms with Crippen molar-refractivity contribution in [2.45, 2.75) is 13.1 Å². The third-order valence-corrected chi connectivity index (χ3v) is 6.53. The minimum atomic E-state index is -4.47. The molecule has 0 atom stereocenters. The van der Waals surface area contributed by atoms with Crippen LogP contribution in [0.15, 0.2) is 72.9 Å². The van der Waals surface area contributed by atoms with Gasteiger partial charge >= 0.3 is 6.18 Å². The van der Waals surface area contributed by atoms with Crippen molar-refractivity contribution in [1.82, 2.24) is 19.6 Å². The molecule has 1 saturated heterocycles. The fourth-order valence-electron chi connectivity index (χ4n) is 4.56. The Morgan fingerprint density at radius 2 is 1.42 bits per heavy atom. The van der Waals surface area contributed by atoms with Gasteiger partial charge in [-0.05, 0) is 42.0 Å². The highest BCUT2D eigenvalue weighted by atomic mass is 19.4. The van der Waals surface area contributed by atoms with Gasteiger partial charge in [-0.2, -0.15) is 18.3 Å². The Morgan fingerprint density at radius 3 is 2.11 bits per heavy atom. The topological polar surface area (TPSA) is 58.4 Å². The molecule has 36 heavy (non-hydrogen) atoms. The van der Waals surface area contributed by atoms with Crippen molar-refractivity contribution >= 4 is 22.6 Å². The smallest absolute Gasteiger partial charge is 0.335 e. The van der Waals surface area contributed by atoms with Crippen molar-refractivity contribution in [1.29, 1.82) is 0 Å². The molecule has 0 unspecified atom stereocenters. The molecular weight excluding hydrogens is 469 g/mol. The largest absolute Gasteiger partial charge is 0.416 e. The van der Waals surface area contributed by atoms with Gasteiger partial charge in [0, 0.05) is 31.7 Å². The summed E-state index contributed by atoms with van der Waals surface area (Å²) in [6, 6.07) is 18.2. The molecule has 2 heterocycles. The molecule has 184 valence electrons. The van der Waals surface area contributed by atoms with Gasteiger partial charge in [0.05, 0.1) is 28.7 Å². The highest BCUT2D eigenvalue weighted by Crippen LogP contribution is 2.30. The number of alkyl halides is 3. The molecule has 0 radical (unpaired) electrons. The molecule has 1 fully saturated rings. The van der Waals surface area contributed by atoms with Gasteiger partial charge in [0.25, 0.3) is 11.8 Å². The minimum Gasteiger partial charge on any atom is -0.335 e. The van der Waals surface area contributed by atoms with Crippen LogP contribution in [-0.4, -0.2) is 57.6 Å². The SMILES string of the molecule is Cc1c(C(=O)N2CCN(C(=O)c3cccc4ccccc34)CC2)cnn1-c1cccc(C(F)(F)F)c1. The van der Waals surface area contributed by atoms with Crippen molar-refractivity contribution in [3.05, 3.63) is 95.3 Å². The Kier molecular flexibility index (Phi) is 5.99. The Labute approximate surface area is 205 Å². The summed E-state index contributed by atoms with van der Waals surface area (Å²) < 4.78 is 40.7. The molecule has 0 spiro atoms.